The second-order valence-electron chi connectivity index (χ2n) is 6.15. The van der Waals surface area contributed by atoms with Gasteiger partial charge in [0.15, 0.2) is 0 Å². The van der Waals surface area contributed by atoms with Gasteiger partial charge in [0.1, 0.15) is 11.6 Å². The number of carbonyl (C=O) groups is 2. The van der Waals surface area contributed by atoms with Gasteiger partial charge in [0.2, 0.25) is 0 Å². The summed E-state index contributed by atoms with van der Waals surface area (Å²) in [6.07, 6.45) is 3.20. The summed E-state index contributed by atoms with van der Waals surface area (Å²) in [6, 6.07) is 19.1. The third-order valence-electron chi connectivity index (χ3n) is 4.12. The number of anilines is 1. The number of benzene rings is 2. The first-order valence-corrected chi connectivity index (χ1v) is 8.49. The topological polar surface area (TPSA) is 95.1 Å². The van der Waals surface area contributed by atoms with E-state index in [0.717, 1.165) is 5.56 Å². The first kappa shape index (κ1) is 18.7. The lowest BCUT2D eigenvalue weighted by Gasteiger charge is -2.09. The largest absolute Gasteiger partial charge is 0.478 e. The summed E-state index contributed by atoms with van der Waals surface area (Å²) in [5.74, 6) is -1.54. The van der Waals surface area contributed by atoms with Crippen molar-refractivity contribution in [3.8, 4) is 11.8 Å². The van der Waals surface area contributed by atoms with E-state index in [1.54, 1.807) is 47.2 Å². The van der Waals surface area contributed by atoms with E-state index >= 15 is 0 Å². The first-order valence-electron chi connectivity index (χ1n) is 8.49. The normalized spacial score (nSPS) is 10.9. The lowest BCUT2D eigenvalue weighted by atomic mass is 10.1. The molecule has 0 atom stereocenters. The molecule has 0 radical (unpaired) electrons. The van der Waals surface area contributed by atoms with E-state index in [0.29, 0.717) is 17.1 Å². The predicted octanol–water partition coefficient (Wildman–Crippen LogP) is 4.03. The molecule has 28 heavy (non-hydrogen) atoms. The van der Waals surface area contributed by atoms with Crippen LogP contribution in [0.4, 0.5) is 5.69 Å². The number of carboxylic acids is 1. The number of amides is 1. The number of rotatable bonds is 5. The molecule has 6 nitrogen and oxygen atoms in total. The van der Waals surface area contributed by atoms with E-state index in [1.165, 1.54) is 18.2 Å². The molecule has 0 unspecified atom stereocenters. The number of hydrogen-bond acceptors (Lipinski definition) is 3. The minimum Gasteiger partial charge on any atom is -0.478 e. The van der Waals surface area contributed by atoms with Crippen LogP contribution in [0.1, 0.15) is 21.6 Å². The molecule has 0 bridgehead atoms. The van der Waals surface area contributed by atoms with Gasteiger partial charge in [-0.1, -0.05) is 23.8 Å². The van der Waals surface area contributed by atoms with Gasteiger partial charge in [-0.3, -0.25) is 4.79 Å². The van der Waals surface area contributed by atoms with E-state index in [2.05, 4.69) is 5.32 Å². The summed E-state index contributed by atoms with van der Waals surface area (Å²) in [4.78, 5) is 23.7. The Hall–Kier alpha value is -4.11. The molecule has 1 heterocycles. The molecule has 6 heteroatoms. The van der Waals surface area contributed by atoms with E-state index in [4.69, 9.17) is 0 Å². The van der Waals surface area contributed by atoms with Crippen molar-refractivity contribution in [2.24, 2.45) is 0 Å². The highest BCUT2D eigenvalue weighted by Crippen LogP contribution is 2.18. The van der Waals surface area contributed by atoms with Crippen LogP contribution in [0.3, 0.4) is 0 Å². The molecule has 0 saturated carbocycles. The number of aromatic carboxylic acids is 1. The Labute approximate surface area is 162 Å². The number of carboxylic acid groups (broad SMARTS) is 1. The Morgan fingerprint density at radius 1 is 1.11 bits per heavy atom. The van der Waals surface area contributed by atoms with Gasteiger partial charge in [0.25, 0.3) is 5.91 Å². The monoisotopic (exact) mass is 371 g/mol. The summed E-state index contributed by atoms with van der Waals surface area (Å²) in [5, 5.41) is 21.3. The Morgan fingerprint density at radius 3 is 2.54 bits per heavy atom. The highest BCUT2D eigenvalue weighted by Gasteiger charge is 2.12. The number of hydrogen-bond donors (Lipinski definition) is 2. The highest BCUT2D eigenvalue weighted by molar-refractivity contribution is 6.09. The van der Waals surface area contributed by atoms with Gasteiger partial charge in [-0.15, -0.1) is 0 Å². The van der Waals surface area contributed by atoms with Crippen molar-refractivity contribution < 1.29 is 14.7 Å². The fourth-order valence-corrected chi connectivity index (χ4v) is 2.67. The second-order valence-corrected chi connectivity index (χ2v) is 6.15. The standard InChI is InChI=1S/C22H17N3O3/c1-15-7-9-18(10-8-15)24-21(26)17(14-23)13-20-6-3-11-25(20)19-5-2-4-16(12-19)22(27)28/h2-13H,1H3,(H,24,26)(H,27,28)/b17-13+. The average Bonchev–Trinajstić information content (AvgIpc) is 3.16. The van der Waals surface area contributed by atoms with Gasteiger partial charge >= 0.3 is 5.97 Å². The van der Waals surface area contributed by atoms with Crippen LogP contribution >= 0.6 is 0 Å². The Bertz CT molecular complexity index is 1100. The summed E-state index contributed by atoms with van der Waals surface area (Å²) in [7, 11) is 0. The van der Waals surface area contributed by atoms with Gasteiger partial charge in [-0.05, 0) is 55.5 Å². The fourth-order valence-electron chi connectivity index (χ4n) is 2.67. The minimum absolute atomic E-state index is 0.0603. The van der Waals surface area contributed by atoms with E-state index in [9.17, 15) is 20.0 Å². The summed E-state index contributed by atoms with van der Waals surface area (Å²) in [6.45, 7) is 1.94. The van der Waals surface area contributed by atoms with Crippen LogP contribution in [-0.4, -0.2) is 21.6 Å². The van der Waals surface area contributed by atoms with Gasteiger partial charge < -0.3 is 15.0 Å². The number of nitrogens with one attached hydrogen (secondary N) is 1. The number of nitriles is 1. The maximum absolute atomic E-state index is 12.5. The molecular formula is C22H17N3O3. The van der Waals surface area contributed by atoms with Gasteiger partial charge in [0, 0.05) is 23.3 Å². The van der Waals surface area contributed by atoms with Crippen molar-refractivity contribution in [2.75, 3.05) is 5.32 Å². The molecule has 3 aromatic rings. The third kappa shape index (κ3) is 4.17. The molecule has 2 aromatic carbocycles. The van der Waals surface area contributed by atoms with Gasteiger partial charge in [0.05, 0.1) is 5.56 Å². The Morgan fingerprint density at radius 2 is 1.86 bits per heavy atom. The summed E-state index contributed by atoms with van der Waals surface area (Å²) < 4.78 is 1.71. The molecule has 0 spiro atoms. The Balaban J connectivity index is 1.90. The van der Waals surface area contributed by atoms with Gasteiger partial charge in [-0.2, -0.15) is 5.26 Å². The van der Waals surface area contributed by atoms with Crippen LogP contribution in [0.5, 0.6) is 0 Å². The number of aromatic nitrogens is 1. The lowest BCUT2D eigenvalue weighted by molar-refractivity contribution is -0.112. The molecule has 1 amide bonds. The SMILES string of the molecule is Cc1ccc(NC(=O)/C(C#N)=C/c2cccn2-c2cccc(C(=O)O)c2)cc1. The maximum atomic E-state index is 12.5. The number of nitrogens with zero attached hydrogens (tertiary/aromatic N) is 2. The Kier molecular flexibility index (Phi) is 5.38. The van der Waals surface area contributed by atoms with Crippen LogP contribution in [0.2, 0.25) is 0 Å². The van der Waals surface area contributed by atoms with Crippen LogP contribution in [-0.2, 0) is 4.79 Å². The van der Waals surface area contributed by atoms with Crippen LogP contribution in [0.15, 0.2) is 72.4 Å². The first-order chi connectivity index (χ1) is 13.5. The zero-order valence-electron chi connectivity index (χ0n) is 15.1. The van der Waals surface area contributed by atoms with Crippen molar-refractivity contribution in [3.63, 3.8) is 0 Å². The van der Waals surface area contributed by atoms with Crippen LogP contribution < -0.4 is 5.32 Å². The van der Waals surface area contributed by atoms with E-state index in [-0.39, 0.29) is 11.1 Å². The fraction of sp³-hybridized carbons (Fsp3) is 0.0455. The number of aryl methyl sites for hydroxylation is 1. The molecule has 3 rings (SSSR count). The molecule has 0 aliphatic rings. The van der Waals surface area contributed by atoms with Crippen molar-refractivity contribution in [1.82, 2.24) is 4.57 Å². The van der Waals surface area contributed by atoms with E-state index in [1.807, 2.05) is 25.1 Å². The smallest absolute Gasteiger partial charge is 0.335 e. The van der Waals surface area contributed by atoms with Crippen LogP contribution in [0, 0.1) is 18.3 Å². The zero-order chi connectivity index (χ0) is 20.1. The predicted molar refractivity (Wildman–Crippen MR) is 106 cm³/mol. The quantitative estimate of drug-likeness (QED) is 0.523. The molecule has 0 aliphatic carbocycles. The molecule has 2 N–H and O–H groups in total. The van der Waals surface area contributed by atoms with Gasteiger partial charge in [-0.25, -0.2) is 4.79 Å². The minimum atomic E-state index is -1.03. The second kappa shape index (κ2) is 8.06. The maximum Gasteiger partial charge on any atom is 0.335 e. The van der Waals surface area contributed by atoms with Crippen LogP contribution in [0.25, 0.3) is 11.8 Å². The summed E-state index contributed by atoms with van der Waals surface area (Å²) >= 11 is 0. The zero-order valence-corrected chi connectivity index (χ0v) is 15.1. The molecule has 0 aliphatic heterocycles. The van der Waals surface area contributed by atoms with Crippen molar-refractivity contribution in [2.45, 2.75) is 6.92 Å². The van der Waals surface area contributed by atoms with Crippen molar-refractivity contribution in [3.05, 3.63) is 89.3 Å². The average molecular weight is 371 g/mol. The van der Waals surface area contributed by atoms with Crippen molar-refractivity contribution >= 4 is 23.6 Å². The van der Waals surface area contributed by atoms with Crippen molar-refractivity contribution in [1.29, 1.82) is 5.26 Å². The third-order valence-corrected chi connectivity index (χ3v) is 4.12. The summed E-state index contributed by atoms with van der Waals surface area (Å²) in [5.41, 5.74) is 2.95. The number of carbonyl (C=O) groups excluding carboxylic acids is 1. The highest BCUT2D eigenvalue weighted by atomic mass is 16.4. The molecule has 138 valence electrons. The van der Waals surface area contributed by atoms with E-state index < -0.39 is 11.9 Å². The molecule has 0 saturated heterocycles. The lowest BCUT2D eigenvalue weighted by Crippen LogP contribution is -2.13. The molecular weight excluding hydrogens is 354 g/mol. The molecule has 1 aromatic heterocycles. The molecule has 0 fully saturated rings.